The minimum absolute atomic E-state index is 0.0306. The van der Waals surface area contributed by atoms with Gasteiger partial charge >= 0.3 is 6.61 Å². The molecule has 0 bridgehead atoms. The highest BCUT2D eigenvalue weighted by molar-refractivity contribution is 7.88. The van der Waals surface area contributed by atoms with E-state index in [9.17, 15) is 13.0 Å². The molecule has 0 saturated heterocycles. The maximum atomic E-state index is 12.3. The van der Waals surface area contributed by atoms with Crippen molar-refractivity contribution in [1.29, 1.82) is 0 Å². The van der Waals surface area contributed by atoms with Gasteiger partial charge in [0.2, 0.25) is 0 Å². The first-order chi connectivity index (χ1) is 8.42. The van der Waals surface area contributed by atoms with E-state index in [1.165, 1.54) is 6.92 Å². The third-order valence-electron chi connectivity index (χ3n) is 2.54. The standard InChI is InChI=1S/C11H16F2N2O2S/c1-5-8-9(7(3)17-11(12)13)10(14-18(8)16)15(4)6-2/h5,11H,6H2,1-4H3/b8-5?,9-7-. The van der Waals surface area contributed by atoms with Gasteiger partial charge in [-0.1, -0.05) is 6.08 Å². The lowest BCUT2D eigenvalue weighted by molar-refractivity contribution is -0.0958. The van der Waals surface area contributed by atoms with Crippen molar-refractivity contribution < 1.29 is 17.7 Å². The fourth-order valence-electron chi connectivity index (χ4n) is 1.55. The van der Waals surface area contributed by atoms with Crippen LogP contribution in [0.15, 0.2) is 26.7 Å². The van der Waals surface area contributed by atoms with Crippen molar-refractivity contribution in [2.45, 2.75) is 27.4 Å². The number of amidine groups is 1. The Labute approximate surface area is 108 Å². The summed E-state index contributed by atoms with van der Waals surface area (Å²) >= 11 is 0. The summed E-state index contributed by atoms with van der Waals surface area (Å²) in [4.78, 5) is 2.14. The lowest BCUT2D eigenvalue weighted by Gasteiger charge is -2.18. The summed E-state index contributed by atoms with van der Waals surface area (Å²) in [6.45, 7) is 2.72. The molecule has 0 aliphatic carbocycles. The van der Waals surface area contributed by atoms with E-state index < -0.39 is 17.6 Å². The van der Waals surface area contributed by atoms with E-state index in [4.69, 9.17) is 0 Å². The SMILES string of the molecule is CC=C1/C(=C(\C)OC(F)F)C(N(C)CC)=NS1=O. The second kappa shape index (κ2) is 6.08. The number of hydrogen-bond donors (Lipinski definition) is 0. The summed E-state index contributed by atoms with van der Waals surface area (Å²) in [7, 11) is 0.201. The average molecular weight is 278 g/mol. The normalized spacial score (nSPS) is 24.5. The third-order valence-corrected chi connectivity index (χ3v) is 3.70. The number of allylic oxidation sites excluding steroid dienone is 2. The van der Waals surface area contributed by atoms with Crippen molar-refractivity contribution in [2.24, 2.45) is 4.40 Å². The summed E-state index contributed by atoms with van der Waals surface area (Å²) in [5, 5.41) is 0. The fourth-order valence-corrected chi connectivity index (χ4v) is 2.65. The van der Waals surface area contributed by atoms with Crippen LogP contribution in [0.2, 0.25) is 0 Å². The molecule has 0 aromatic carbocycles. The Balaban J connectivity index is 3.25. The predicted octanol–water partition coefficient (Wildman–Crippen LogP) is 2.43. The highest BCUT2D eigenvalue weighted by atomic mass is 32.2. The van der Waals surface area contributed by atoms with Crippen LogP contribution < -0.4 is 0 Å². The van der Waals surface area contributed by atoms with E-state index in [0.717, 1.165) is 0 Å². The van der Waals surface area contributed by atoms with Crippen LogP contribution in [0.25, 0.3) is 0 Å². The van der Waals surface area contributed by atoms with Crippen LogP contribution in [0.3, 0.4) is 0 Å². The van der Waals surface area contributed by atoms with Gasteiger partial charge < -0.3 is 9.64 Å². The molecule has 7 heteroatoms. The first-order valence-electron chi connectivity index (χ1n) is 5.46. The molecule has 1 aliphatic rings. The molecule has 0 spiro atoms. The van der Waals surface area contributed by atoms with Gasteiger partial charge in [-0.3, -0.25) is 0 Å². The fraction of sp³-hybridized carbons (Fsp3) is 0.545. The molecule has 0 fully saturated rings. The monoisotopic (exact) mass is 278 g/mol. The summed E-state index contributed by atoms with van der Waals surface area (Å²) in [6.07, 6.45) is 1.60. The van der Waals surface area contributed by atoms with Crippen LogP contribution in [-0.4, -0.2) is 35.1 Å². The molecule has 0 aromatic heterocycles. The van der Waals surface area contributed by atoms with Gasteiger partial charge in [-0.2, -0.15) is 13.2 Å². The molecular weight excluding hydrogens is 262 g/mol. The molecule has 102 valence electrons. The summed E-state index contributed by atoms with van der Waals surface area (Å²) in [6, 6.07) is 0. The quantitative estimate of drug-likeness (QED) is 0.745. The molecule has 0 aromatic rings. The maximum absolute atomic E-state index is 12.3. The molecule has 0 N–H and O–H groups in total. The van der Waals surface area contributed by atoms with Crippen molar-refractivity contribution >= 4 is 16.8 Å². The first-order valence-corrected chi connectivity index (χ1v) is 6.57. The molecule has 1 atom stereocenters. The lowest BCUT2D eigenvalue weighted by atomic mass is 10.1. The Hall–Kier alpha value is -1.24. The predicted molar refractivity (Wildman–Crippen MR) is 67.4 cm³/mol. The molecule has 1 unspecified atom stereocenters. The second-order valence-electron chi connectivity index (χ2n) is 3.64. The Morgan fingerprint density at radius 3 is 2.67 bits per heavy atom. The Morgan fingerprint density at radius 2 is 2.22 bits per heavy atom. The lowest BCUT2D eigenvalue weighted by Crippen LogP contribution is -2.27. The third kappa shape index (κ3) is 2.95. The molecule has 4 nitrogen and oxygen atoms in total. The maximum Gasteiger partial charge on any atom is 0.387 e. The topological polar surface area (TPSA) is 41.9 Å². The molecule has 18 heavy (non-hydrogen) atoms. The van der Waals surface area contributed by atoms with Crippen LogP contribution in [0.5, 0.6) is 0 Å². The number of alkyl halides is 2. The average Bonchev–Trinajstić information content (AvgIpc) is 2.64. The van der Waals surface area contributed by atoms with Crippen molar-refractivity contribution in [3.8, 4) is 0 Å². The van der Waals surface area contributed by atoms with Gasteiger partial charge in [0.25, 0.3) is 0 Å². The Morgan fingerprint density at radius 1 is 1.61 bits per heavy atom. The van der Waals surface area contributed by atoms with Crippen LogP contribution in [0, 0.1) is 0 Å². The number of rotatable bonds is 3. The van der Waals surface area contributed by atoms with Gasteiger partial charge in [0.05, 0.1) is 10.5 Å². The molecule has 0 amide bonds. The van der Waals surface area contributed by atoms with Crippen LogP contribution in [-0.2, 0) is 15.7 Å². The number of halogens is 2. The van der Waals surface area contributed by atoms with Crippen LogP contribution in [0.1, 0.15) is 20.8 Å². The largest absolute Gasteiger partial charge is 0.439 e. The molecule has 1 rings (SSSR count). The van der Waals surface area contributed by atoms with E-state index in [0.29, 0.717) is 22.9 Å². The van der Waals surface area contributed by atoms with E-state index in [2.05, 4.69) is 9.13 Å². The van der Waals surface area contributed by atoms with E-state index in [-0.39, 0.29) is 5.76 Å². The molecule has 0 radical (unpaired) electrons. The zero-order valence-corrected chi connectivity index (χ0v) is 11.6. The summed E-state index contributed by atoms with van der Waals surface area (Å²) < 4.78 is 44.7. The Kier molecular flexibility index (Phi) is 5.01. The van der Waals surface area contributed by atoms with Gasteiger partial charge in [-0.05, 0) is 20.8 Å². The second-order valence-corrected chi connectivity index (χ2v) is 4.76. The summed E-state index contributed by atoms with van der Waals surface area (Å²) in [5.74, 6) is 0.449. The van der Waals surface area contributed by atoms with Crippen molar-refractivity contribution in [1.82, 2.24) is 4.90 Å². The minimum Gasteiger partial charge on any atom is -0.439 e. The zero-order chi connectivity index (χ0) is 13.9. The van der Waals surface area contributed by atoms with E-state index >= 15 is 0 Å². The highest BCUT2D eigenvalue weighted by Gasteiger charge is 2.30. The van der Waals surface area contributed by atoms with Crippen LogP contribution in [0.4, 0.5) is 8.78 Å². The van der Waals surface area contributed by atoms with Gasteiger partial charge in [0.15, 0.2) is 16.8 Å². The number of likely N-dealkylation sites (N-methyl/N-ethyl adjacent to an activating group) is 1. The number of ether oxygens (including phenoxy) is 1. The van der Waals surface area contributed by atoms with Crippen LogP contribution >= 0.6 is 0 Å². The number of nitrogens with zero attached hydrogens (tertiary/aromatic N) is 2. The molecule has 1 heterocycles. The van der Waals surface area contributed by atoms with Crippen molar-refractivity contribution in [3.05, 3.63) is 22.3 Å². The molecule has 1 aliphatic heterocycles. The van der Waals surface area contributed by atoms with Crippen molar-refractivity contribution in [2.75, 3.05) is 13.6 Å². The van der Waals surface area contributed by atoms with Crippen molar-refractivity contribution in [3.63, 3.8) is 0 Å². The van der Waals surface area contributed by atoms with Gasteiger partial charge in [0, 0.05) is 13.6 Å². The molecular formula is C11H16F2N2O2S. The first kappa shape index (κ1) is 14.8. The summed E-state index contributed by atoms with van der Waals surface area (Å²) in [5.41, 5.74) is 0.389. The minimum atomic E-state index is -2.90. The smallest absolute Gasteiger partial charge is 0.387 e. The van der Waals surface area contributed by atoms with E-state index in [1.807, 2.05) is 6.92 Å². The Bertz CT molecular complexity index is 444. The van der Waals surface area contributed by atoms with E-state index in [1.54, 1.807) is 24.9 Å². The molecule has 0 saturated carbocycles. The highest BCUT2D eigenvalue weighted by Crippen LogP contribution is 2.30. The van der Waals surface area contributed by atoms with Gasteiger partial charge in [-0.25, -0.2) is 4.21 Å². The number of hydrogen-bond acceptors (Lipinski definition) is 3. The van der Waals surface area contributed by atoms with Gasteiger partial charge in [0.1, 0.15) is 5.76 Å². The zero-order valence-electron chi connectivity index (χ0n) is 10.7. The van der Waals surface area contributed by atoms with Gasteiger partial charge in [-0.15, -0.1) is 0 Å².